The maximum absolute atomic E-state index is 13.0. The number of hydrogen-bond donors (Lipinski definition) is 1. The van der Waals surface area contributed by atoms with E-state index in [1.54, 1.807) is 9.58 Å². The fraction of sp³-hybridized carbons (Fsp3) is 0.529. The van der Waals surface area contributed by atoms with Crippen molar-refractivity contribution < 1.29 is 14.7 Å². The highest BCUT2D eigenvalue weighted by Gasteiger charge is 2.29. The van der Waals surface area contributed by atoms with E-state index in [-0.39, 0.29) is 18.9 Å². The third-order valence-corrected chi connectivity index (χ3v) is 4.48. The summed E-state index contributed by atoms with van der Waals surface area (Å²) in [5, 5.41) is 14.1. The predicted octanol–water partition coefficient (Wildman–Crippen LogP) is 2.09. The van der Waals surface area contributed by atoms with Gasteiger partial charge in [-0.15, -0.1) is 0 Å². The predicted molar refractivity (Wildman–Crippen MR) is 89.1 cm³/mol. The molecule has 1 fully saturated rings. The van der Waals surface area contributed by atoms with E-state index in [4.69, 9.17) is 10.1 Å². The van der Waals surface area contributed by atoms with E-state index >= 15 is 0 Å². The van der Waals surface area contributed by atoms with Gasteiger partial charge in [0, 0.05) is 31.7 Å². The normalized spacial score (nSPS) is 14.1. The van der Waals surface area contributed by atoms with E-state index in [2.05, 4.69) is 5.10 Å². The molecular formula is C17H22N4O3. The zero-order valence-electron chi connectivity index (χ0n) is 14.2. The van der Waals surface area contributed by atoms with E-state index in [0.29, 0.717) is 18.0 Å². The molecule has 7 heteroatoms. The van der Waals surface area contributed by atoms with Gasteiger partial charge in [0.05, 0.1) is 23.1 Å². The average molecular weight is 330 g/mol. The molecule has 2 heterocycles. The molecule has 2 aromatic rings. The monoisotopic (exact) mass is 330 g/mol. The van der Waals surface area contributed by atoms with Crippen LogP contribution in [0.25, 0.3) is 11.0 Å². The van der Waals surface area contributed by atoms with Gasteiger partial charge in [0.2, 0.25) is 0 Å². The number of carbonyl (C=O) groups is 2. The smallest absolute Gasteiger partial charge is 0.305 e. The first-order valence-corrected chi connectivity index (χ1v) is 8.27. The Morgan fingerprint density at radius 3 is 2.71 bits per heavy atom. The summed E-state index contributed by atoms with van der Waals surface area (Å²) >= 11 is 0. The fourth-order valence-corrected chi connectivity index (χ4v) is 3.03. The number of pyridine rings is 1. The van der Waals surface area contributed by atoms with Crippen LogP contribution in [-0.4, -0.2) is 49.7 Å². The minimum absolute atomic E-state index is 0.0602. The molecule has 1 amide bonds. The number of fused-ring (bicyclic) bond motifs is 1. The lowest BCUT2D eigenvalue weighted by Gasteiger charge is -2.21. The second kappa shape index (κ2) is 6.22. The highest BCUT2D eigenvalue weighted by molar-refractivity contribution is 6.06. The Kier molecular flexibility index (Phi) is 4.26. The number of aryl methyl sites for hydroxylation is 2. The van der Waals surface area contributed by atoms with Crippen LogP contribution in [0, 0.1) is 6.92 Å². The molecule has 0 saturated heterocycles. The van der Waals surface area contributed by atoms with Crippen molar-refractivity contribution >= 4 is 22.9 Å². The van der Waals surface area contributed by atoms with Crippen molar-refractivity contribution in [3.05, 3.63) is 23.0 Å². The highest BCUT2D eigenvalue weighted by Crippen LogP contribution is 2.40. The summed E-state index contributed by atoms with van der Waals surface area (Å²) in [6.45, 7) is 4.39. The SMILES string of the molecule is CCN(CCC(=O)O)C(=O)c1cc(C2CC2)nc2c1c(C)nn2C. The lowest BCUT2D eigenvalue weighted by Crippen LogP contribution is -2.33. The summed E-state index contributed by atoms with van der Waals surface area (Å²) in [7, 11) is 1.83. The summed E-state index contributed by atoms with van der Waals surface area (Å²) in [4.78, 5) is 30.1. The highest BCUT2D eigenvalue weighted by atomic mass is 16.4. The van der Waals surface area contributed by atoms with Crippen molar-refractivity contribution in [2.75, 3.05) is 13.1 Å². The number of aliphatic carboxylic acids is 1. The van der Waals surface area contributed by atoms with E-state index < -0.39 is 5.97 Å². The molecule has 1 N–H and O–H groups in total. The fourth-order valence-electron chi connectivity index (χ4n) is 3.03. The lowest BCUT2D eigenvalue weighted by molar-refractivity contribution is -0.137. The minimum Gasteiger partial charge on any atom is -0.481 e. The first-order valence-electron chi connectivity index (χ1n) is 8.27. The summed E-state index contributed by atoms with van der Waals surface area (Å²) in [5.41, 5.74) is 3.00. The van der Waals surface area contributed by atoms with Gasteiger partial charge in [0.25, 0.3) is 5.91 Å². The molecule has 0 aliphatic heterocycles. The minimum atomic E-state index is -0.905. The van der Waals surface area contributed by atoms with Gasteiger partial charge in [-0.2, -0.15) is 5.10 Å². The number of carbonyl (C=O) groups excluding carboxylic acids is 1. The Bertz CT molecular complexity index is 808. The Morgan fingerprint density at radius 1 is 1.42 bits per heavy atom. The van der Waals surface area contributed by atoms with E-state index in [1.807, 2.05) is 27.0 Å². The maximum Gasteiger partial charge on any atom is 0.305 e. The molecule has 1 aliphatic carbocycles. The van der Waals surface area contributed by atoms with Crippen LogP contribution < -0.4 is 0 Å². The third kappa shape index (κ3) is 2.98. The quantitative estimate of drug-likeness (QED) is 0.876. The van der Waals surface area contributed by atoms with E-state index in [9.17, 15) is 9.59 Å². The molecule has 0 aromatic carbocycles. The number of hydrogen-bond acceptors (Lipinski definition) is 4. The van der Waals surface area contributed by atoms with Crippen molar-refractivity contribution in [1.82, 2.24) is 19.7 Å². The number of rotatable bonds is 6. The second-order valence-electron chi connectivity index (χ2n) is 6.31. The van der Waals surface area contributed by atoms with Gasteiger partial charge in [-0.25, -0.2) is 4.98 Å². The Labute approximate surface area is 140 Å². The molecule has 1 saturated carbocycles. The topological polar surface area (TPSA) is 88.3 Å². The van der Waals surface area contributed by atoms with E-state index in [1.165, 1.54) is 0 Å². The lowest BCUT2D eigenvalue weighted by atomic mass is 10.1. The first kappa shape index (κ1) is 16.4. The van der Waals surface area contributed by atoms with Crippen molar-refractivity contribution in [2.24, 2.45) is 7.05 Å². The molecular weight excluding hydrogens is 308 g/mol. The van der Waals surface area contributed by atoms with Gasteiger partial charge < -0.3 is 10.0 Å². The van der Waals surface area contributed by atoms with Gasteiger partial charge in [0.15, 0.2) is 5.65 Å². The molecule has 3 rings (SSSR count). The second-order valence-corrected chi connectivity index (χ2v) is 6.31. The van der Waals surface area contributed by atoms with Gasteiger partial charge in [-0.1, -0.05) is 0 Å². The summed E-state index contributed by atoms with van der Waals surface area (Å²) < 4.78 is 1.71. The molecule has 0 unspecified atom stereocenters. The molecule has 0 radical (unpaired) electrons. The zero-order valence-corrected chi connectivity index (χ0v) is 14.2. The van der Waals surface area contributed by atoms with Crippen molar-refractivity contribution in [2.45, 2.75) is 39.0 Å². The molecule has 1 aliphatic rings. The Balaban J connectivity index is 2.05. The maximum atomic E-state index is 13.0. The van der Waals surface area contributed by atoms with Gasteiger partial charge in [-0.3, -0.25) is 14.3 Å². The first-order chi connectivity index (χ1) is 11.4. The van der Waals surface area contributed by atoms with Crippen molar-refractivity contribution in [1.29, 1.82) is 0 Å². The molecule has 0 atom stereocenters. The van der Waals surface area contributed by atoms with Crippen molar-refractivity contribution in [3.63, 3.8) is 0 Å². The summed E-state index contributed by atoms with van der Waals surface area (Å²) in [5.74, 6) is -0.633. The van der Waals surface area contributed by atoms with Gasteiger partial charge in [0.1, 0.15) is 0 Å². The van der Waals surface area contributed by atoms with Crippen LogP contribution in [0.1, 0.15) is 53.8 Å². The van der Waals surface area contributed by atoms with Crippen molar-refractivity contribution in [3.8, 4) is 0 Å². The number of nitrogens with zero attached hydrogens (tertiary/aromatic N) is 4. The Morgan fingerprint density at radius 2 is 2.12 bits per heavy atom. The van der Waals surface area contributed by atoms with Crippen LogP contribution in [-0.2, 0) is 11.8 Å². The number of carboxylic acids is 1. The molecule has 7 nitrogen and oxygen atoms in total. The van der Waals surface area contributed by atoms with Crippen LogP contribution in [0.4, 0.5) is 0 Å². The van der Waals surface area contributed by atoms with Crippen LogP contribution in [0.5, 0.6) is 0 Å². The molecule has 2 aromatic heterocycles. The number of carboxylic acid groups (broad SMARTS) is 1. The molecule has 0 bridgehead atoms. The number of aromatic nitrogens is 3. The average Bonchev–Trinajstić information content (AvgIpc) is 3.34. The summed E-state index contributed by atoms with van der Waals surface area (Å²) in [6, 6.07) is 1.88. The largest absolute Gasteiger partial charge is 0.481 e. The van der Waals surface area contributed by atoms with Crippen LogP contribution in [0.15, 0.2) is 6.07 Å². The molecule has 128 valence electrons. The summed E-state index contributed by atoms with van der Waals surface area (Å²) in [6.07, 6.45) is 2.13. The standard InChI is InChI=1S/C17H22N4O3/c1-4-21(8-7-14(22)23)17(24)12-9-13(11-5-6-11)18-16-15(12)10(2)19-20(16)3/h9,11H,4-8H2,1-3H3,(H,22,23). The van der Waals surface area contributed by atoms with Gasteiger partial charge >= 0.3 is 5.97 Å². The van der Waals surface area contributed by atoms with Crippen LogP contribution >= 0.6 is 0 Å². The van der Waals surface area contributed by atoms with Crippen LogP contribution in [0.2, 0.25) is 0 Å². The number of amides is 1. The Hall–Kier alpha value is -2.44. The van der Waals surface area contributed by atoms with Crippen LogP contribution in [0.3, 0.4) is 0 Å². The molecule has 0 spiro atoms. The molecule has 24 heavy (non-hydrogen) atoms. The third-order valence-electron chi connectivity index (χ3n) is 4.48. The zero-order chi connectivity index (χ0) is 17.4. The van der Waals surface area contributed by atoms with E-state index in [0.717, 1.165) is 35.3 Å². The van der Waals surface area contributed by atoms with Gasteiger partial charge in [-0.05, 0) is 32.8 Å².